The second kappa shape index (κ2) is 4.59. The molecule has 3 aromatic heterocycles. The molecular formula is C17H14N4. The molecule has 0 amide bonds. The lowest BCUT2D eigenvalue weighted by Gasteiger charge is -2.04. The number of pyridine rings is 1. The maximum atomic E-state index is 4.58. The Bertz CT molecular complexity index is 903. The number of nitrogens with zero attached hydrogens (tertiary/aromatic N) is 4. The molecule has 3 heterocycles. The highest BCUT2D eigenvalue weighted by molar-refractivity contribution is 5.81. The lowest BCUT2D eigenvalue weighted by Crippen LogP contribution is -2.01. The Hall–Kier alpha value is -2.88. The molecule has 4 aromatic rings. The van der Waals surface area contributed by atoms with Gasteiger partial charge in [-0.05, 0) is 29.7 Å². The van der Waals surface area contributed by atoms with Crippen LogP contribution in [0.25, 0.3) is 28.1 Å². The van der Waals surface area contributed by atoms with E-state index in [1.807, 2.05) is 29.9 Å². The minimum atomic E-state index is 0.880. The average molecular weight is 274 g/mol. The number of hydrogen-bond acceptors (Lipinski definition) is 2. The highest BCUT2D eigenvalue weighted by Crippen LogP contribution is 2.23. The Morgan fingerprint density at radius 2 is 1.76 bits per heavy atom. The zero-order chi connectivity index (χ0) is 14.2. The molecule has 0 spiro atoms. The molecule has 0 unspecified atom stereocenters. The minimum absolute atomic E-state index is 0.880. The van der Waals surface area contributed by atoms with Crippen molar-refractivity contribution in [2.45, 2.75) is 0 Å². The van der Waals surface area contributed by atoms with E-state index in [2.05, 4.69) is 57.2 Å². The van der Waals surface area contributed by atoms with Gasteiger partial charge in [0.15, 0.2) is 0 Å². The fourth-order valence-electron chi connectivity index (χ4n) is 2.61. The molecule has 0 saturated heterocycles. The van der Waals surface area contributed by atoms with E-state index in [0.717, 1.165) is 17.2 Å². The summed E-state index contributed by atoms with van der Waals surface area (Å²) in [5.41, 5.74) is 2.94. The summed E-state index contributed by atoms with van der Waals surface area (Å²) in [6.07, 6.45) is 3.86. The zero-order valence-corrected chi connectivity index (χ0v) is 11.6. The van der Waals surface area contributed by atoms with E-state index < -0.39 is 0 Å². The Morgan fingerprint density at radius 1 is 0.905 bits per heavy atom. The molecule has 1 aromatic carbocycles. The fraction of sp³-hybridized carbons (Fsp3) is 0.0588. The monoisotopic (exact) mass is 274 g/mol. The van der Waals surface area contributed by atoms with Crippen LogP contribution in [-0.2, 0) is 7.05 Å². The molecule has 4 heteroatoms. The second-order valence-corrected chi connectivity index (χ2v) is 4.97. The van der Waals surface area contributed by atoms with Crippen molar-refractivity contribution in [2.24, 2.45) is 7.05 Å². The molecule has 0 atom stereocenters. The van der Waals surface area contributed by atoms with Gasteiger partial charge in [-0.2, -0.15) is 5.10 Å². The summed E-state index contributed by atoms with van der Waals surface area (Å²) in [4.78, 5) is 4.36. The van der Waals surface area contributed by atoms with Crippen molar-refractivity contribution in [2.75, 3.05) is 0 Å². The summed E-state index contributed by atoms with van der Waals surface area (Å²) in [6, 6.07) is 18.4. The Morgan fingerprint density at radius 3 is 2.62 bits per heavy atom. The molecule has 0 aliphatic rings. The molecule has 0 saturated carbocycles. The first-order valence-corrected chi connectivity index (χ1v) is 6.85. The summed E-state index contributed by atoms with van der Waals surface area (Å²) in [7, 11) is 1.95. The summed E-state index contributed by atoms with van der Waals surface area (Å²) in [5.74, 6) is 1.02. The van der Waals surface area contributed by atoms with Crippen LogP contribution in [-0.4, -0.2) is 19.3 Å². The maximum Gasteiger partial charge on any atom is 0.135 e. The summed E-state index contributed by atoms with van der Waals surface area (Å²) in [5, 5.41) is 5.80. The number of rotatable bonds is 2. The lowest BCUT2D eigenvalue weighted by atomic mass is 10.2. The van der Waals surface area contributed by atoms with Gasteiger partial charge < -0.3 is 4.57 Å². The average Bonchev–Trinajstić information content (AvgIpc) is 3.11. The van der Waals surface area contributed by atoms with Crippen molar-refractivity contribution < 1.29 is 0 Å². The predicted octanol–water partition coefficient (Wildman–Crippen LogP) is 3.43. The quantitative estimate of drug-likeness (QED) is 0.561. The largest absolute Gasteiger partial charge is 0.301 e. The van der Waals surface area contributed by atoms with Gasteiger partial charge in [-0.1, -0.05) is 24.3 Å². The molecule has 0 N–H and O–H groups in total. The normalized spacial score (nSPS) is 11.1. The highest BCUT2D eigenvalue weighted by Gasteiger charge is 2.11. The molecule has 4 nitrogen and oxygen atoms in total. The third kappa shape index (κ3) is 1.92. The van der Waals surface area contributed by atoms with E-state index >= 15 is 0 Å². The van der Waals surface area contributed by atoms with E-state index in [4.69, 9.17) is 0 Å². The summed E-state index contributed by atoms with van der Waals surface area (Å²) < 4.78 is 4.03. The van der Waals surface area contributed by atoms with E-state index in [1.54, 1.807) is 6.20 Å². The van der Waals surface area contributed by atoms with Gasteiger partial charge in [0.2, 0.25) is 0 Å². The smallest absolute Gasteiger partial charge is 0.135 e. The van der Waals surface area contributed by atoms with Gasteiger partial charge in [0.25, 0.3) is 0 Å². The number of hydrogen-bond donors (Lipinski definition) is 0. The van der Waals surface area contributed by atoms with Crippen LogP contribution in [0.3, 0.4) is 0 Å². The maximum absolute atomic E-state index is 4.58. The number of aryl methyl sites for hydroxylation is 1. The van der Waals surface area contributed by atoms with Gasteiger partial charge in [0, 0.05) is 25.5 Å². The van der Waals surface area contributed by atoms with Gasteiger partial charge in [-0.3, -0.25) is 9.67 Å². The molecule has 102 valence electrons. The first-order chi connectivity index (χ1) is 10.3. The van der Waals surface area contributed by atoms with Crippen molar-refractivity contribution >= 4 is 10.9 Å². The molecule has 0 bridgehead atoms. The van der Waals surface area contributed by atoms with Crippen molar-refractivity contribution in [3.63, 3.8) is 0 Å². The number of fused-ring (bicyclic) bond motifs is 1. The van der Waals surface area contributed by atoms with Crippen molar-refractivity contribution in [3.8, 4) is 17.2 Å². The molecule has 0 aliphatic heterocycles. The van der Waals surface area contributed by atoms with Crippen molar-refractivity contribution in [1.82, 2.24) is 19.3 Å². The minimum Gasteiger partial charge on any atom is -0.301 e. The summed E-state index contributed by atoms with van der Waals surface area (Å²) in [6.45, 7) is 0. The standard InChI is InChI=1S/C17H14N4/c1-20-17(12-15(19-20)14-7-4-5-10-18-14)21-11-9-13-6-2-3-8-16(13)21/h2-12H,1H3. The number of benzene rings is 1. The first-order valence-electron chi connectivity index (χ1n) is 6.85. The Balaban J connectivity index is 1.88. The van der Waals surface area contributed by atoms with Crippen LogP contribution in [0.2, 0.25) is 0 Å². The highest BCUT2D eigenvalue weighted by atomic mass is 15.3. The van der Waals surface area contributed by atoms with Gasteiger partial charge in [0.05, 0.1) is 11.2 Å². The number of aromatic nitrogens is 4. The van der Waals surface area contributed by atoms with Crippen LogP contribution in [0.5, 0.6) is 0 Å². The zero-order valence-electron chi connectivity index (χ0n) is 11.6. The predicted molar refractivity (Wildman–Crippen MR) is 83.3 cm³/mol. The van der Waals surface area contributed by atoms with Crippen molar-refractivity contribution in [3.05, 3.63) is 67.0 Å². The Labute approximate surface area is 122 Å². The molecule has 0 aliphatic carbocycles. The van der Waals surface area contributed by atoms with Gasteiger partial charge in [-0.15, -0.1) is 0 Å². The van der Waals surface area contributed by atoms with Crippen molar-refractivity contribution in [1.29, 1.82) is 0 Å². The van der Waals surface area contributed by atoms with Gasteiger partial charge in [-0.25, -0.2) is 0 Å². The lowest BCUT2D eigenvalue weighted by molar-refractivity contribution is 0.738. The third-order valence-electron chi connectivity index (χ3n) is 3.63. The van der Waals surface area contributed by atoms with E-state index in [0.29, 0.717) is 0 Å². The van der Waals surface area contributed by atoms with Crippen LogP contribution >= 0.6 is 0 Å². The van der Waals surface area contributed by atoms with E-state index in [9.17, 15) is 0 Å². The SMILES string of the molecule is Cn1nc(-c2ccccn2)cc1-n1ccc2ccccc21. The van der Waals surface area contributed by atoms with Crippen LogP contribution in [0.4, 0.5) is 0 Å². The van der Waals surface area contributed by atoms with E-state index in [1.165, 1.54) is 10.9 Å². The van der Waals surface area contributed by atoms with Crippen LogP contribution in [0, 0.1) is 0 Å². The van der Waals surface area contributed by atoms with Gasteiger partial charge >= 0.3 is 0 Å². The molecule has 21 heavy (non-hydrogen) atoms. The van der Waals surface area contributed by atoms with Crippen LogP contribution in [0.1, 0.15) is 0 Å². The molecule has 0 radical (unpaired) electrons. The molecular weight excluding hydrogens is 260 g/mol. The topological polar surface area (TPSA) is 35.6 Å². The first kappa shape index (κ1) is 11.9. The van der Waals surface area contributed by atoms with Gasteiger partial charge in [0.1, 0.15) is 11.5 Å². The third-order valence-corrected chi connectivity index (χ3v) is 3.63. The fourth-order valence-corrected chi connectivity index (χ4v) is 2.61. The molecule has 4 rings (SSSR count). The summed E-state index contributed by atoms with van der Waals surface area (Å²) >= 11 is 0. The second-order valence-electron chi connectivity index (χ2n) is 4.97. The number of para-hydroxylation sites is 1. The Kier molecular flexibility index (Phi) is 2.60. The van der Waals surface area contributed by atoms with E-state index in [-0.39, 0.29) is 0 Å². The molecule has 0 fully saturated rings. The van der Waals surface area contributed by atoms with Crippen LogP contribution < -0.4 is 0 Å². The van der Waals surface area contributed by atoms with Crippen LogP contribution in [0.15, 0.2) is 67.0 Å².